The summed E-state index contributed by atoms with van der Waals surface area (Å²) >= 11 is 0. The molecule has 0 aliphatic carbocycles. The first-order valence-corrected chi connectivity index (χ1v) is 3.17. The van der Waals surface area contributed by atoms with Crippen molar-refractivity contribution in [2.75, 3.05) is 0 Å². The van der Waals surface area contributed by atoms with Gasteiger partial charge >= 0.3 is 8.89 Å². The van der Waals surface area contributed by atoms with E-state index in [1.807, 2.05) is 0 Å². The first-order chi connectivity index (χ1) is 2.00. The minimum absolute atomic E-state index is 3.61. The Hall–Kier alpha value is 0.0269. The van der Waals surface area contributed by atoms with Crippen LogP contribution in [0.2, 0.25) is 0 Å². The molecule has 0 heterocycles. The van der Waals surface area contributed by atoms with Gasteiger partial charge in [0.05, 0.1) is 0 Å². The van der Waals surface area contributed by atoms with Crippen LogP contribution in [0, 0.1) is 0 Å². The summed E-state index contributed by atoms with van der Waals surface area (Å²) in [5, 5.41) is 13.1. The van der Waals surface area contributed by atoms with Crippen LogP contribution in [0.25, 0.3) is 0 Å². The van der Waals surface area contributed by atoms with Crippen molar-refractivity contribution < 1.29 is 4.11 Å². The highest BCUT2D eigenvalue weighted by Crippen LogP contribution is 1.61. The molecule has 0 fully saturated rings. The first kappa shape index (κ1) is 5.03. The Morgan fingerprint density at radius 1 is 1.20 bits per heavy atom. The van der Waals surface area contributed by atoms with Gasteiger partial charge in [-0.2, -0.15) is 0 Å². The molecule has 32 valence electrons. The predicted octanol–water partition coefficient (Wildman–Crippen LogP) is -1.73. The lowest BCUT2D eigenvalue weighted by Crippen LogP contribution is -2.60. The summed E-state index contributed by atoms with van der Waals surface area (Å²) in [6.45, 7) is 0. The van der Waals surface area contributed by atoms with Crippen LogP contribution in [0.15, 0.2) is 0 Å². The fraction of sp³-hybridized carbons (Fsp3) is 0. The molecule has 0 aromatic heterocycles. The van der Waals surface area contributed by atoms with E-state index >= 15 is 0 Å². The van der Waals surface area contributed by atoms with Crippen LogP contribution in [0.4, 0.5) is 4.11 Å². The van der Waals surface area contributed by atoms with Gasteiger partial charge in [-0.05, 0) is 0 Å². The lowest BCUT2D eigenvalue weighted by Gasteiger charge is -1.94. The number of halogens is 1. The molecule has 0 rings (SSSR count). The van der Waals surface area contributed by atoms with E-state index in [9.17, 15) is 4.11 Å². The molecule has 6 N–H and O–H groups in total. The van der Waals surface area contributed by atoms with Gasteiger partial charge in [-0.15, -0.1) is 0 Å². The Morgan fingerprint density at radius 3 is 1.20 bits per heavy atom. The summed E-state index contributed by atoms with van der Waals surface area (Å²) in [6, 6.07) is 0. The fourth-order valence-corrected chi connectivity index (χ4v) is 0. The van der Waals surface area contributed by atoms with Gasteiger partial charge in [0.1, 0.15) is 0 Å². The van der Waals surface area contributed by atoms with Crippen molar-refractivity contribution >= 4 is 8.89 Å². The average molecular weight is 95.2 g/mol. The van der Waals surface area contributed by atoms with Crippen LogP contribution < -0.4 is 16.2 Å². The van der Waals surface area contributed by atoms with E-state index in [-0.39, 0.29) is 0 Å². The molecular weight excluding hydrogens is 89.1 g/mol. The molecule has 5 heteroatoms. The first-order valence-electron chi connectivity index (χ1n) is 1.06. The van der Waals surface area contributed by atoms with E-state index in [1.54, 1.807) is 0 Å². The van der Waals surface area contributed by atoms with Crippen LogP contribution in [0.3, 0.4) is 0 Å². The second-order valence-corrected chi connectivity index (χ2v) is 2.48. The lowest BCUT2D eigenvalue weighted by molar-refractivity contribution is 0.773. The van der Waals surface area contributed by atoms with E-state index in [2.05, 4.69) is 16.2 Å². The zero-order valence-electron chi connectivity index (χ0n) is 2.61. The van der Waals surface area contributed by atoms with Crippen molar-refractivity contribution in [2.45, 2.75) is 0 Å². The zero-order chi connectivity index (χ0) is 4.50. The minimum atomic E-state index is -3.61. The van der Waals surface area contributed by atoms with E-state index in [0.717, 1.165) is 0 Å². The molecule has 0 spiro atoms. The summed E-state index contributed by atoms with van der Waals surface area (Å²) in [4.78, 5) is 0. The third-order valence-corrected chi connectivity index (χ3v) is 0. The van der Waals surface area contributed by atoms with Gasteiger partial charge in [-0.25, -0.2) is 0 Å². The molecular formula is H6FN3Si. The third kappa shape index (κ3) is 22900. The molecule has 0 bridgehead atoms. The summed E-state index contributed by atoms with van der Waals surface area (Å²) < 4.78 is 11.2. The predicted molar refractivity (Wildman–Crippen MR) is 19.4 cm³/mol. The van der Waals surface area contributed by atoms with Gasteiger partial charge in [-0.3, -0.25) is 4.11 Å². The summed E-state index contributed by atoms with van der Waals surface area (Å²) in [5.74, 6) is 0. The normalized spacial score (nSPS) is 12.0. The summed E-state index contributed by atoms with van der Waals surface area (Å²) in [7, 11) is -3.61. The topological polar surface area (TPSA) is 78.1 Å². The number of nitrogens with two attached hydrogens (primary N) is 3. The summed E-state index contributed by atoms with van der Waals surface area (Å²) in [6.07, 6.45) is 0. The number of hydrogen-bond donors (Lipinski definition) is 3. The Labute approximate surface area is 30.4 Å². The van der Waals surface area contributed by atoms with Gasteiger partial charge in [0.25, 0.3) is 0 Å². The number of rotatable bonds is 0. The van der Waals surface area contributed by atoms with E-state index in [0.29, 0.717) is 0 Å². The third-order valence-electron chi connectivity index (χ3n) is 0. The Balaban J connectivity index is 3.02. The van der Waals surface area contributed by atoms with Crippen LogP contribution in [-0.4, -0.2) is 8.89 Å². The van der Waals surface area contributed by atoms with Gasteiger partial charge in [0.15, 0.2) is 0 Å². The SMILES string of the molecule is N[Si](N)(N)F. The molecule has 0 aromatic carbocycles. The minimum Gasteiger partial charge on any atom is -0.301 e. The lowest BCUT2D eigenvalue weighted by atomic mass is 13.8. The molecule has 0 amide bonds. The van der Waals surface area contributed by atoms with Crippen molar-refractivity contribution in [3.05, 3.63) is 0 Å². The fourth-order valence-electron chi connectivity index (χ4n) is 0. The molecule has 3 nitrogen and oxygen atoms in total. The van der Waals surface area contributed by atoms with Crippen molar-refractivity contribution in [2.24, 2.45) is 16.2 Å². The Morgan fingerprint density at radius 2 is 1.20 bits per heavy atom. The smallest absolute Gasteiger partial charge is 0.301 e. The molecule has 0 saturated carbocycles. The molecule has 0 atom stereocenters. The van der Waals surface area contributed by atoms with Gasteiger partial charge < -0.3 is 16.2 Å². The van der Waals surface area contributed by atoms with E-state index in [4.69, 9.17) is 0 Å². The van der Waals surface area contributed by atoms with Crippen LogP contribution in [-0.2, 0) is 0 Å². The zero-order valence-corrected chi connectivity index (χ0v) is 3.61. The molecule has 0 aromatic rings. The number of hydrogen-bond acceptors (Lipinski definition) is 3. The standard InChI is InChI=1S/FH6N3Si/c1-5(2,3)4/h2-4H2. The second kappa shape index (κ2) is 1.02. The molecule has 0 radical (unpaired) electrons. The molecule has 0 saturated heterocycles. The molecule has 0 aliphatic heterocycles. The monoisotopic (exact) mass is 95.0 g/mol. The maximum absolute atomic E-state index is 11.2. The maximum Gasteiger partial charge on any atom is 0.473 e. The Kier molecular flexibility index (Phi) is 1.02. The van der Waals surface area contributed by atoms with Crippen LogP contribution >= 0.6 is 0 Å². The summed E-state index contributed by atoms with van der Waals surface area (Å²) in [5.41, 5.74) is 0. The van der Waals surface area contributed by atoms with E-state index < -0.39 is 8.89 Å². The van der Waals surface area contributed by atoms with Gasteiger partial charge in [0.2, 0.25) is 0 Å². The highest BCUT2D eigenvalue weighted by atomic mass is 28.4. The largest absolute Gasteiger partial charge is 0.473 e. The van der Waals surface area contributed by atoms with Crippen molar-refractivity contribution in [3.63, 3.8) is 0 Å². The van der Waals surface area contributed by atoms with E-state index in [1.165, 1.54) is 0 Å². The quantitative estimate of drug-likeness (QED) is 0.247. The van der Waals surface area contributed by atoms with Crippen molar-refractivity contribution in [3.8, 4) is 0 Å². The second-order valence-electron chi connectivity index (χ2n) is 0.827. The van der Waals surface area contributed by atoms with Crippen LogP contribution in [0.1, 0.15) is 0 Å². The highest BCUT2D eigenvalue weighted by Gasteiger charge is 2.13. The highest BCUT2D eigenvalue weighted by molar-refractivity contribution is 6.62. The van der Waals surface area contributed by atoms with Crippen molar-refractivity contribution in [1.82, 2.24) is 0 Å². The molecule has 0 aliphatic rings. The van der Waals surface area contributed by atoms with Gasteiger partial charge in [-0.1, -0.05) is 0 Å². The average Bonchev–Trinajstić information content (AvgIpc) is 0.722. The molecule has 5 heavy (non-hydrogen) atoms. The van der Waals surface area contributed by atoms with Crippen molar-refractivity contribution in [1.29, 1.82) is 0 Å². The van der Waals surface area contributed by atoms with Gasteiger partial charge in [0, 0.05) is 0 Å². The van der Waals surface area contributed by atoms with Crippen LogP contribution in [0.5, 0.6) is 0 Å². The Bertz CT molecular complexity index is 22.4. The molecule has 0 unspecified atom stereocenters. The maximum atomic E-state index is 11.2.